The molecule has 0 radical (unpaired) electrons. The number of fused-ring (bicyclic) bond motifs is 1. The van der Waals surface area contributed by atoms with Crippen LogP contribution in [-0.2, 0) is 22.1 Å². The molecule has 0 fully saturated rings. The Labute approximate surface area is 185 Å². The predicted molar refractivity (Wildman–Crippen MR) is 122 cm³/mol. The van der Waals surface area contributed by atoms with Gasteiger partial charge in [-0.3, -0.25) is 0 Å². The van der Waals surface area contributed by atoms with Gasteiger partial charge in [0, 0.05) is 11.6 Å². The SMILES string of the molecule is COc1cccc(CNc2nc3ccccc3nc2S(=O)(=O)Cc2ccc(Cl)cc2)c1. The molecule has 158 valence electrons. The number of aromatic nitrogens is 2. The summed E-state index contributed by atoms with van der Waals surface area (Å²) in [5.41, 5.74) is 2.68. The van der Waals surface area contributed by atoms with Crippen LogP contribution in [0.15, 0.2) is 77.8 Å². The Morgan fingerprint density at radius 3 is 2.32 bits per heavy atom. The van der Waals surface area contributed by atoms with Crippen LogP contribution < -0.4 is 10.1 Å². The van der Waals surface area contributed by atoms with E-state index in [0.29, 0.717) is 28.2 Å². The van der Waals surface area contributed by atoms with Crippen molar-refractivity contribution in [3.8, 4) is 5.75 Å². The van der Waals surface area contributed by atoms with Crippen LogP contribution in [0.4, 0.5) is 5.82 Å². The molecule has 4 aromatic rings. The molecule has 6 nitrogen and oxygen atoms in total. The molecular formula is C23H20ClN3O3S. The van der Waals surface area contributed by atoms with Gasteiger partial charge in [-0.1, -0.05) is 48.0 Å². The molecule has 0 saturated heterocycles. The monoisotopic (exact) mass is 453 g/mol. The molecule has 31 heavy (non-hydrogen) atoms. The van der Waals surface area contributed by atoms with Gasteiger partial charge in [-0.05, 0) is 47.5 Å². The van der Waals surface area contributed by atoms with Crippen LogP contribution in [0.5, 0.6) is 5.75 Å². The van der Waals surface area contributed by atoms with E-state index in [0.717, 1.165) is 11.3 Å². The molecule has 0 bridgehead atoms. The van der Waals surface area contributed by atoms with Gasteiger partial charge in [-0.2, -0.15) is 0 Å². The maximum atomic E-state index is 13.3. The molecule has 1 N–H and O–H groups in total. The van der Waals surface area contributed by atoms with Crippen LogP contribution in [-0.4, -0.2) is 25.5 Å². The van der Waals surface area contributed by atoms with Crippen molar-refractivity contribution in [3.05, 3.63) is 88.9 Å². The first-order chi connectivity index (χ1) is 14.9. The van der Waals surface area contributed by atoms with Gasteiger partial charge in [0.1, 0.15) is 5.75 Å². The minimum atomic E-state index is -3.77. The molecule has 8 heteroatoms. The number of hydrogen-bond donors (Lipinski definition) is 1. The quantitative estimate of drug-likeness (QED) is 0.429. The van der Waals surface area contributed by atoms with Crippen LogP contribution in [0, 0.1) is 0 Å². The summed E-state index contributed by atoms with van der Waals surface area (Å²) in [7, 11) is -2.17. The lowest BCUT2D eigenvalue weighted by Crippen LogP contribution is -2.13. The smallest absolute Gasteiger partial charge is 0.203 e. The number of nitrogens with zero attached hydrogens (tertiary/aromatic N) is 2. The molecule has 3 aromatic carbocycles. The zero-order chi connectivity index (χ0) is 21.8. The fourth-order valence-corrected chi connectivity index (χ4v) is 4.70. The minimum absolute atomic E-state index is 0.0796. The van der Waals surface area contributed by atoms with Gasteiger partial charge in [0.25, 0.3) is 0 Å². The summed E-state index contributed by atoms with van der Waals surface area (Å²) in [6, 6.07) is 21.4. The maximum Gasteiger partial charge on any atom is 0.203 e. The average Bonchev–Trinajstić information content (AvgIpc) is 2.78. The molecule has 0 atom stereocenters. The lowest BCUT2D eigenvalue weighted by Gasteiger charge is -2.13. The summed E-state index contributed by atoms with van der Waals surface area (Å²) < 4.78 is 31.8. The predicted octanol–water partition coefficient (Wildman–Crippen LogP) is 4.88. The average molecular weight is 454 g/mol. The van der Waals surface area contributed by atoms with Crippen molar-refractivity contribution < 1.29 is 13.2 Å². The second-order valence-corrected chi connectivity index (χ2v) is 9.30. The summed E-state index contributed by atoms with van der Waals surface area (Å²) in [6.45, 7) is 0.369. The molecule has 0 aliphatic carbocycles. The number of para-hydroxylation sites is 2. The molecule has 4 rings (SSSR count). The Hall–Kier alpha value is -3.16. The highest BCUT2D eigenvalue weighted by atomic mass is 35.5. The maximum absolute atomic E-state index is 13.3. The normalized spacial score (nSPS) is 11.4. The Morgan fingerprint density at radius 1 is 0.903 bits per heavy atom. The highest BCUT2D eigenvalue weighted by Gasteiger charge is 2.23. The number of rotatable bonds is 7. The van der Waals surface area contributed by atoms with E-state index in [1.165, 1.54) is 0 Å². The first kappa shape index (κ1) is 21.1. The molecule has 0 saturated carbocycles. The fourth-order valence-electron chi connectivity index (χ4n) is 3.15. The van der Waals surface area contributed by atoms with Crippen LogP contribution >= 0.6 is 11.6 Å². The zero-order valence-electron chi connectivity index (χ0n) is 16.7. The van der Waals surface area contributed by atoms with Crippen molar-refractivity contribution in [2.24, 2.45) is 0 Å². The van der Waals surface area contributed by atoms with Gasteiger partial charge in [0.05, 0.1) is 23.9 Å². The summed E-state index contributed by atoms with van der Waals surface area (Å²) in [6.07, 6.45) is 0. The number of methoxy groups -OCH3 is 1. The third-order valence-electron chi connectivity index (χ3n) is 4.70. The van der Waals surface area contributed by atoms with Gasteiger partial charge >= 0.3 is 0 Å². The standard InChI is InChI=1S/C23H20ClN3O3S/c1-30-19-6-4-5-17(13-19)14-25-22-23(27-21-8-3-2-7-20(21)26-22)31(28,29)15-16-9-11-18(24)12-10-16/h2-13H,14-15H2,1H3,(H,25,26). The third-order valence-corrected chi connectivity index (χ3v) is 6.54. The fraction of sp³-hybridized carbons (Fsp3) is 0.130. The second-order valence-electron chi connectivity index (χ2n) is 6.96. The number of halogens is 1. The van der Waals surface area contributed by atoms with Crippen LogP contribution in [0.3, 0.4) is 0 Å². The number of ether oxygens (including phenoxy) is 1. The molecule has 0 amide bonds. The third kappa shape index (κ3) is 4.95. The molecule has 0 unspecified atom stereocenters. The van der Waals surface area contributed by atoms with E-state index >= 15 is 0 Å². The second kappa shape index (κ2) is 8.91. The van der Waals surface area contributed by atoms with E-state index in [9.17, 15) is 8.42 Å². The number of nitrogens with one attached hydrogen (secondary N) is 1. The summed E-state index contributed by atoms with van der Waals surface area (Å²) >= 11 is 5.92. The Morgan fingerprint density at radius 2 is 1.61 bits per heavy atom. The van der Waals surface area contributed by atoms with Crippen molar-refractivity contribution in [2.45, 2.75) is 17.3 Å². The van der Waals surface area contributed by atoms with Crippen molar-refractivity contribution in [3.63, 3.8) is 0 Å². The van der Waals surface area contributed by atoms with E-state index < -0.39 is 9.84 Å². The lowest BCUT2D eigenvalue weighted by molar-refractivity contribution is 0.414. The van der Waals surface area contributed by atoms with Crippen LogP contribution in [0.25, 0.3) is 11.0 Å². The lowest BCUT2D eigenvalue weighted by atomic mass is 10.2. The van der Waals surface area contributed by atoms with E-state index in [2.05, 4.69) is 15.3 Å². The Kier molecular flexibility index (Phi) is 6.06. The molecule has 0 aliphatic heterocycles. The minimum Gasteiger partial charge on any atom is -0.497 e. The van der Waals surface area contributed by atoms with E-state index in [1.54, 1.807) is 49.6 Å². The Bertz CT molecular complexity index is 1330. The summed E-state index contributed by atoms with van der Waals surface area (Å²) in [5.74, 6) is 0.736. The van der Waals surface area contributed by atoms with Crippen molar-refractivity contribution >= 4 is 38.3 Å². The highest BCUT2D eigenvalue weighted by Crippen LogP contribution is 2.26. The summed E-state index contributed by atoms with van der Waals surface area (Å²) in [5, 5.41) is 3.61. The van der Waals surface area contributed by atoms with Gasteiger partial charge in [-0.15, -0.1) is 0 Å². The summed E-state index contributed by atoms with van der Waals surface area (Å²) in [4.78, 5) is 8.99. The highest BCUT2D eigenvalue weighted by molar-refractivity contribution is 7.90. The first-order valence-electron chi connectivity index (χ1n) is 9.55. The van der Waals surface area contributed by atoms with E-state index in [4.69, 9.17) is 16.3 Å². The Balaban J connectivity index is 1.71. The van der Waals surface area contributed by atoms with E-state index in [-0.39, 0.29) is 16.6 Å². The van der Waals surface area contributed by atoms with Crippen LogP contribution in [0.1, 0.15) is 11.1 Å². The van der Waals surface area contributed by atoms with Gasteiger partial charge in [0.15, 0.2) is 10.8 Å². The largest absolute Gasteiger partial charge is 0.497 e. The number of benzene rings is 3. The topological polar surface area (TPSA) is 81.2 Å². The molecule has 0 aliphatic rings. The van der Waals surface area contributed by atoms with E-state index in [1.807, 2.05) is 30.3 Å². The number of anilines is 1. The van der Waals surface area contributed by atoms with Crippen molar-refractivity contribution in [1.29, 1.82) is 0 Å². The number of sulfone groups is 1. The molecular weight excluding hydrogens is 434 g/mol. The van der Waals surface area contributed by atoms with Crippen molar-refractivity contribution in [2.75, 3.05) is 12.4 Å². The zero-order valence-corrected chi connectivity index (χ0v) is 18.3. The van der Waals surface area contributed by atoms with Gasteiger partial charge in [-0.25, -0.2) is 18.4 Å². The molecule has 1 heterocycles. The van der Waals surface area contributed by atoms with Crippen molar-refractivity contribution in [1.82, 2.24) is 9.97 Å². The molecule has 0 spiro atoms. The number of hydrogen-bond acceptors (Lipinski definition) is 6. The van der Waals surface area contributed by atoms with Gasteiger partial charge < -0.3 is 10.1 Å². The van der Waals surface area contributed by atoms with Gasteiger partial charge in [0.2, 0.25) is 9.84 Å². The van der Waals surface area contributed by atoms with Crippen LogP contribution in [0.2, 0.25) is 5.02 Å². The molecule has 1 aromatic heterocycles. The first-order valence-corrected chi connectivity index (χ1v) is 11.6.